The van der Waals surface area contributed by atoms with Crippen LogP contribution in [0.2, 0.25) is 0 Å². The maximum absolute atomic E-state index is 11.8. The van der Waals surface area contributed by atoms with E-state index in [2.05, 4.69) is 14.8 Å². The molecule has 120 valence electrons. The minimum atomic E-state index is -3.56. The SMILES string of the molecule is CN(CCCNC1CC1)S(=O)(=O)NCCOCC(F)F. The molecule has 0 unspecified atom stereocenters. The minimum Gasteiger partial charge on any atom is -0.374 e. The summed E-state index contributed by atoms with van der Waals surface area (Å²) in [6.07, 6.45) is 0.603. The molecule has 2 N–H and O–H groups in total. The fraction of sp³-hybridized carbons (Fsp3) is 1.00. The molecule has 1 aliphatic carbocycles. The van der Waals surface area contributed by atoms with E-state index in [1.54, 1.807) is 0 Å². The van der Waals surface area contributed by atoms with Gasteiger partial charge in [-0.05, 0) is 25.8 Å². The Morgan fingerprint density at radius 1 is 1.35 bits per heavy atom. The third kappa shape index (κ3) is 8.05. The van der Waals surface area contributed by atoms with Gasteiger partial charge in [-0.15, -0.1) is 0 Å². The lowest BCUT2D eigenvalue weighted by Crippen LogP contribution is -2.40. The van der Waals surface area contributed by atoms with Crippen LogP contribution in [0.5, 0.6) is 0 Å². The third-order valence-electron chi connectivity index (χ3n) is 2.85. The predicted molar refractivity (Wildman–Crippen MR) is 72.0 cm³/mol. The molecule has 0 radical (unpaired) electrons. The number of alkyl halides is 2. The average Bonchev–Trinajstić information content (AvgIpc) is 3.17. The first-order valence-electron chi connectivity index (χ1n) is 6.72. The van der Waals surface area contributed by atoms with Crippen LogP contribution < -0.4 is 10.0 Å². The topological polar surface area (TPSA) is 70.7 Å². The van der Waals surface area contributed by atoms with Crippen molar-refractivity contribution in [2.45, 2.75) is 31.7 Å². The van der Waals surface area contributed by atoms with Crippen LogP contribution in [-0.2, 0) is 14.9 Å². The Labute approximate surface area is 119 Å². The summed E-state index contributed by atoms with van der Waals surface area (Å²) in [6.45, 7) is 0.444. The van der Waals surface area contributed by atoms with E-state index in [4.69, 9.17) is 0 Å². The largest absolute Gasteiger partial charge is 0.374 e. The summed E-state index contributed by atoms with van der Waals surface area (Å²) in [7, 11) is -2.07. The smallest absolute Gasteiger partial charge is 0.279 e. The zero-order chi connectivity index (χ0) is 15.0. The van der Waals surface area contributed by atoms with Crippen molar-refractivity contribution >= 4 is 10.2 Å². The molecule has 0 aromatic carbocycles. The summed E-state index contributed by atoms with van der Waals surface area (Å²) in [6, 6.07) is 0.613. The van der Waals surface area contributed by atoms with Crippen LogP contribution in [0.3, 0.4) is 0 Å². The Bertz CT molecular complexity index is 364. The van der Waals surface area contributed by atoms with Crippen molar-refractivity contribution in [1.82, 2.24) is 14.3 Å². The summed E-state index contributed by atoms with van der Waals surface area (Å²) in [5.41, 5.74) is 0. The van der Waals surface area contributed by atoms with Crippen LogP contribution in [-0.4, -0.2) is 65.1 Å². The van der Waals surface area contributed by atoms with E-state index < -0.39 is 23.2 Å². The van der Waals surface area contributed by atoms with E-state index in [-0.39, 0.29) is 13.2 Å². The van der Waals surface area contributed by atoms with Gasteiger partial charge in [0.1, 0.15) is 6.61 Å². The molecule has 1 saturated carbocycles. The van der Waals surface area contributed by atoms with Gasteiger partial charge in [0.25, 0.3) is 16.6 Å². The Morgan fingerprint density at radius 2 is 2.05 bits per heavy atom. The normalized spacial score (nSPS) is 16.2. The Morgan fingerprint density at radius 3 is 2.65 bits per heavy atom. The van der Waals surface area contributed by atoms with Gasteiger partial charge in [-0.1, -0.05) is 0 Å². The summed E-state index contributed by atoms with van der Waals surface area (Å²) >= 11 is 0. The van der Waals surface area contributed by atoms with E-state index in [0.717, 1.165) is 13.0 Å². The monoisotopic (exact) mass is 315 g/mol. The van der Waals surface area contributed by atoms with E-state index in [1.165, 1.54) is 24.2 Å². The van der Waals surface area contributed by atoms with Crippen LogP contribution in [0.25, 0.3) is 0 Å². The van der Waals surface area contributed by atoms with Gasteiger partial charge in [-0.25, -0.2) is 8.78 Å². The second-order valence-electron chi connectivity index (χ2n) is 4.77. The highest BCUT2D eigenvalue weighted by molar-refractivity contribution is 7.87. The first kappa shape index (κ1) is 17.7. The molecular formula is C11H23F2N3O3S. The maximum Gasteiger partial charge on any atom is 0.279 e. The highest BCUT2D eigenvalue weighted by atomic mass is 32.2. The molecule has 0 heterocycles. The van der Waals surface area contributed by atoms with Crippen LogP contribution in [0, 0.1) is 0 Å². The first-order valence-corrected chi connectivity index (χ1v) is 8.16. The van der Waals surface area contributed by atoms with Gasteiger partial charge >= 0.3 is 0 Å². The molecule has 6 nitrogen and oxygen atoms in total. The van der Waals surface area contributed by atoms with Crippen molar-refractivity contribution in [2.24, 2.45) is 0 Å². The van der Waals surface area contributed by atoms with Crippen LogP contribution in [0.4, 0.5) is 8.78 Å². The molecule has 9 heteroatoms. The Hall–Kier alpha value is -0.350. The van der Waals surface area contributed by atoms with Crippen molar-refractivity contribution in [3.05, 3.63) is 0 Å². The Balaban J connectivity index is 2.07. The molecule has 0 amide bonds. The number of rotatable bonds is 12. The van der Waals surface area contributed by atoms with Gasteiger partial charge in [-0.3, -0.25) is 0 Å². The number of halogens is 2. The fourth-order valence-electron chi connectivity index (χ4n) is 1.54. The number of nitrogens with one attached hydrogen (secondary N) is 2. The third-order valence-corrected chi connectivity index (χ3v) is 4.42. The molecule has 1 aliphatic rings. The summed E-state index contributed by atoms with van der Waals surface area (Å²) in [5.74, 6) is 0. The molecule has 1 rings (SSSR count). The number of ether oxygens (including phenoxy) is 1. The van der Waals surface area contributed by atoms with Gasteiger partial charge < -0.3 is 10.1 Å². The summed E-state index contributed by atoms with van der Waals surface area (Å²) in [4.78, 5) is 0. The Kier molecular flexibility index (Phi) is 7.82. The summed E-state index contributed by atoms with van der Waals surface area (Å²) in [5, 5.41) is 3.30. The molecule has 0 spiro atoms. The molecule has 0 saturated heterocycles. The molecular weight excluding hydrogens is 292 g/mol. The van der Waals surface area contributed by atoms with Gasteiger partial charge in [0, 0.05) is 26.2 Å². The highest BCUT2D eigenvalue weighted by Gasteiger charge is 2.20. The van der Waals surface area contributed by atoms with Crippen molar-refractivity contribution < 1.29 is 21.9 Å². The summed E-state index contributed by atoms with van der Waals surface area (Å²) < 4.78 is 55.2. The molecule has 0 bridgehead atoms. The zero-order valence-electron chi connectivity index (χ0n) is 11.6. The number of hydrogen-bond donors (Lipinski definition) is 2. The minimum absolute atomic E-state index is 0.0142. The van der Waals surface area contributed by atoms with E-state index in [9.17, 15) is 17.2 Å². The van der Waals surface area contributed by atoms with Crippen LogP contribution >= 0.6 is 0 Å². The quantitative estimate of drug-likeness (QED) is 0.504. The van der Waals surface area contributed by atoms with E-state index in [0.29, 0.717) is 12.6 Å². The zero-order valence-corrected chi connectivity index (χ0v) is 12.5. The van der Waals surface area contributed by atoms with Crippen molar-refractivity contribution in [3.8, 4) is 0 Å². The molecule has 1 fully saturated rings. The molecule has 0 aromatic heterocycles. The molecule has 0 aromatic rings. The van der Waals surface area contributed by atoms with Gasteiger partial charge in [0.2, 0.25) is 0 Å². The van der Waals surface area contributed by atoms with Crippen molar-refractivity contribution in [1.29, 1.82) is 0 Å². The second-order valence-corrected chi connectivity index (χ2v) is 6.63. The predicted octanol–water partition coefficient (Wildman–Crippen LogP) is 0.176. The standard InChI is InChI=1S/C11H23F2N3O3S/c1-16(7-2-5-14-10-3-4-10)20(17,18)15-6-8-19-9-11(12)13/h10-11,14-15H,2-9H2,1H3. The number of nitrogens with zero attached hydrogens (tertiary/aromatic N) is 1. The van der Waals surface area contributed by atoms with Gasteiger partial charge in [-0.2, -0.15) is 17.4 Å². The van der Waals surface area contributed by atoms with E-state index >= 15 is 0 Å². The lowest BCUT2D eigenvalue weighted by atomic mass is 10.4. The first-order chi connectivity index (χ1) is 9.42. The van der Waals surface area contributed by atoms with Crippen molar-refractivity contribution in [2.75, 3.05) is 39.9 Å². The van der Waals surface area contributed by atoms with Crippen LogP contribution in [0.1, 0.15) is 19.3 Å². The lowest BCUT2D eigenvalue weighted by molar-refractivity contribution is 0.0198. The molecule has 0 aliphatic heterocycles. The maximum atomic E-state index is 11.8. The van der Waals surface area contributed by atoms with Gasteiger partial charge in [0.15, 0.2) is 0 Å². The van der Waals surface area contributed by atoms with Gasteiger partial charge in [0.05, 0.1) is 6.61 Å². The van der Waals surface area contributed by atoms with Crippen molar-refractivity contribution in [3.63, 3.8) is 0 Å². The van der Waals surface area contributed by atoms with E-state index in [1.807, 2.05) is 0 Å². The highest BCUT2D eigenvalue weighted by Crippen LogP contribution is 2.18. The average molecular weight is 315 g/mol. The molecule has 0 atom stereocenters. The number of hydrogen-bond acceptors (Lipinski definition) is 4. The van der Waals surface area contributed by atoms with Crippen LogP contribution in [0.15, 0.2) is 0 Å². The lowest BCUT2D eigenvalue weighted by Gasteiger charge is -2.17. The fourth-order valence-corrected chi connectivity index (χ4v) is 2.47. The second kappa shape index (κ2) is 8.83. The molecule has 20 heavy (non-hydrogen) atoms.